The van der Waals surface area contributed by atoms with Crippen LogP contribution in [0.5, 0.6) is 0 Å². The summed E-state index contributed by atoms with van der Waals surface area (Å²) >= 11 is 1.42. The van der Waals surface area contributed by atoms with Crippen LogP contribution in [0.3, 0.4) is 0 Å². The molecule has 0 aliphatic rings. The highest BCUT2D eigenvalue weighted by Crippen LogP contribution is 2.25. The van der Waals surface area contributed by atoms with Gasteiger partial charge >= 0.3 is 0 Å². The third kappa shape index (κ3) is 5.50. The standard InChI is InChI=1S/C22H28N4O2S/c1-5-17-8-10-18(11-9-17)14-25(4)20(27)15-29-22-24-23-21(19-7-6-12-28-19)26(22)13-16(2)3/h6-12,16H,5,13-15H2,1-4H3. The fourth-order valence-corrected chi connectivity index (χ4v) is 3.88. The number of carbonyl (C=O) groups excluding carboxylic acids is 1. The highest BCUT2D eigenvalue weighted by molar-refractivity contribution is 7.99. The molecule has 7 heteroatoms. The van der Waals surface area contributed by atoms with E-state index in [0.717, 1.165) is 23.7 Å². The summed E-state index contributed by atoms with van der Waals surface area (Å²) in [4.78, 5) is 14.4. The van der Waals surface area contributed by atoms with Crippen molar-refractivity contribution in [3.05, 3.63) is 53.8 Å². The molecule has 6 nitrogen and oxygen atoms in total. The van der Waals surface area contributed by atoms with Crippen molar-refractivity contribution in [2.75, 3.05) is 12.8 Å². The van der Waals surface area contributed by atoms with E-state index in [1.165, 1.54) is 17.3 Å². The molecule has 0 unspecified atom stereocenters. The van der Waals surface area contributed by atoms with Crippen LogP contribution in [0.2, 0.25) is 0 Å². The fourth-order valence-electron chi connectivity index (χ4n) is 2.99. The van der Waals surface area contributed by atoms with Crippen molar-refractivity contribution in [1.82, 2.24) is 19.7 Å². The maximum Gasteiger partial charge on any atom is 0.233 e. The van der Waals surface area contributed by atoms with Gasteiger partial charge in [-0.2, -0.15) is 0 Å². The molecule has 0 fully saturated rings. The normalized spacial score (nSPS) is 11.2. The van der Waals surface area contributed by atoms with Gasteiger partial charge in [-0.05, 0) is 35.6 Å². The Labute approximate surface area is 176 Å². The SMILES string of the molecule is CCc1ccc(CN(C)C(=O)CSc2nnc(-c3ccco3)n2CC(C)C)cc1. The molecule has 0 aliphatic carbocycles. The van der Waals surface area contributed by atoms with Crippen molar-refractivity contribution < 1.29 is 9.21 Å². The Hall–Kier alpha value is -2.54. The first-order valence-electron chi connectivity index (χ1n) is 9.89. The van der Waals surface area contributed by atoms with E-state index in [1.807, 2.05) is 23.7 Å². The van der Waals surface area contributed by atoms with Crippen molar-refractivity contribution in [1.29, 1.82) is 0 Å². The zero-order chi connectivity index (χ0) is 20.8. The average molecular weight is 413 g/mol. The predicted molar refractivity (Wildman–Crippen MR) is 116 cm³/mol. The van der Waals surface area contributed by atoms with Crippen LogP contribution in [0.4, 0.5) is 0 Å². The highest BCUT2D eigenvalue weighted by Gasteiger charge is 2.19. The van der Waals surface area contributed by atoms with Gasteiger partial charge in [0.05, 0.1) is 12.0 Å². The van der Waals surface area contributed by atoms with Crippen LogP contribution >= 0.6 is 11.8 Å². The maximum absolute atomic E-state index is 12.6. The zero-order valence-electron chi connectivity index (χ0n) is 17.5. The number of amides is 1. The summed E-state index contributed by atoms with van der Waals surface area (Å²) in [5.41, 5.74) is 2.43. The third-order valence-electron chi connectivity index (χ3n) is 4.61. The Kier molecular flexibility index (Phi) is 7.14. The van der Waals surface area contributed by atoms with Crippen molar-refractivity contribution in [2.24, 2.45) is 5.92 Å². The molecule has 3 aromatic rings. The first-order valence-corrected chi connectivity index (χ1v) is 10.9. The Morgan fingerprint density at radius 3 is 2.52 bits per heavy atom. The molecule has 0 atom stereocenters. The largest absolute Gasteiger partial charge is 0.461 e. The third-order valence-corrected chi connectivity index (χ3v) is 5.56. The van der Waals surface area contributed by atoms with E-state index >= 15 is 0 Å². The lowest BCUT2D eigenvalue weighted by Crippen LogP contribution is -2.28. The molecule has 3 rings (SSSR count). The van der Waals surface area contributed by atoms with Gasteiger partial charge in [0.25, 0.3) is 0 Å². The Morgan fingerprint density at radius 2 is 1.90 bits per heavy atom. The van der Waals surface area contributed by atoms with Crippen molar-refractivity contribution in [3.8, 4) is 11.6 Å². The number of furan rings is 1. The summed E-state index contributed by atoms with van der Waals surface area (Å²) in [7, 11) is 1.84. The minimum Gasteiger partial charge on any atom is -0.461 e. The summed E-state index contributed by atoms with van der Waals surface area (Å²) in [6, 6.07) is 12.1. The molecular formula is C22H28N4O2S. The van der Waals surface area contributed by atoms with Crippen LogP contribution < -0.4 is 0 Å². The van der Waals surface area contributed by atoms with E-state index in [-0.39, 0.29) is 5.91 Å². The highest BCUT2D eigenvalue weighted by atomic mass is 32.2. The van der Waals surface area contributed by atoms with Crippen LogP contribution in [-0.2, 0) is 24.3 Å². The lowest BCUT2D eigenvalue weighted by atomic mass is 10.1. The van der Waals surface area contributed by atoms with Gasteiger partial charge in [0.2, 0.25) is 5.91 Å². The van der Waals surface area contributed by atoms with Crippen molar-refractivity contribution in [2.45, 2.75) is 45.4 Å². The van der Waals surface area contributed by atoms with Gasteiger partial charge in [-0.3, -0.25) is 9.36 Å². The van der Waals surface area contributed by atoms with E-state index in [4.69, 9.17) is 4.42 Å². The molecular weight excluding hydrogens is 384 g/mol. The second-order valence-electron chi connectivity index (χ2n) is 7.50. The van der Waals surface area contributed by atoms with E-state index in [1.54, 1.807) is 11.2 Å². The summed E-state index contributed by atoms with van der Waals surface area (Å²) in [5, 5.41) is 9.33. The number of benzene rings is 1. The van der Waals surface area contributed by atoms with E-state index in [9.17, 15) is 4.79 Å². The lowest BCUT2D eigenvalue weighted by molar-refractivity contribution is -0.127. The quantitative estimate of drug-likeness (QED) is 0.484. The van der Waals surface area contributed by atoms with Gasteiger partial charge in [0.15, 0.2) is 16.7 Å². The number of carbonyl (C=O) groups is 1. The number of thioether (sulfide) groups is 1. The monoisotopic (exact) mass is 412 g/mol. The van der Waals surface area contributed by atoms with Gasteiger partial charge in [-0.25, -0.2) is 0 Å². The molecule has 0 radical (unpaired) electrons. The topological polar surface area (TPSA) is 64.2 Å². The molecule has 1 aromatic carbocycles. The Bertz CT molecular complexity index is 917. The van der Waals surface area contributed by atoms with Gasteiger partial charge in [-0.1, -0.05) is 56.8 Å². The number of hydrogen-bond donors (Lipinski definition) is 0. The van der Waals surface area contributed by atoms with E-state index in [2.05, 4.69) is 55.2 Å². The number of hydrogen-bond acceptors (Lipinski definition) is 5. The second kappa shape index (κ2) is 9.78. The predicted octanol–water partition coefficient (Wildman–Crippen LogP) is 4.51. The van der Waals surface area contributed by atoms with Crippen LogP contribution in [0, 0.1) is 5.92 Å². The molecule has 1 amide bonds. The van der Waals surface area contributed by atoms with Gasteiger partial charge in [0.1, 0.15) is 0 Å². The van der Waals surface area contributed by atoms with Gasteiger partial charge < -0.3 is 9.32 Å². The summed E-state index contributed by atoms with van der Waals surface area (Å²) in [5.74, 6) is 2.18. The fraction of sp³-hybridized carbons (Fsp3) is 0.409. The molecule has 154 valence electrons. The zero-order valence-corrected chi connectivity index (χ0v) is 18.3. The summed E-state index contributed by atoms with van der Waals surface area (Å²) < 4.78 is 7.53. The van der Waals surface area contributed by atoms with Crippen LogP contribution in [-0.4, -0.2) is 38.4 Å². The van der Waals surface area contributed by atoms with Gasteiger partial charge in [0, 0.05) is 20.1 Å². The molecule has 2 heterocycles. The number of rotatable bonds is 9. The second-order valence-corrected chi connectivity index (χ2v) is 8.44. The van der Waals surface area contributed by atoms with Crippen LogP contribution in [0.25, 0.3) is 11.6 Å². The minimum atomic E-state index is 0.0632. The molecule has 0 N–H and O–H groups in total. The molecule has 0 bridgehead atoms. The molecule has 0 saturated carbocycles. The first-order chi connectivity index (χ1) is 14.0. The average Bonchev–Trinajstić information content (AvgIpc) is 3.36. The summed E-state index contributed by atoms with van der Waals surface area (Å²) in [6.07, 6.45) is 2.64. The smallest absolute Gasteiger partial charge is 0.233 e. The molecule has 0 spiro atoms. The summed E-state index contributed by atoms with van der Waals surface area (Å²) in [6.45, 7) is 7.78. The molecule has 2 aromatic heterocycles. The molecule has 0 aliphatic heterocycles. The number of aryl methyl sites for hydroxylation is 1. The van der Waals surface area contributed by atoms with Crippen molar-refractivity contribution >= 4 is 17.7 Å². The van der Waals surface area contributed by atoms with Crippen molar-refractivity contribution in [3.63, 3.8) is 0 Å². The number of aromatic nitrogens is 3. The number of nitrogens with zero attached hydrogens (tertiary/aromatic N) is 4. The molecule has 29 heavy (non-hydrogen) atoms. The maximum atomic E-state index is 12.6. The Morgan fingerprint density at radius 1 is 1.17 bits per heavy atom. The van der Waals surface area contributed by atoms with Crippen LogP contribution in [0.15, 0.2) is 52.2 Å². The first kappa shape index (κ1) is 21.2. The molecule has 0 saturated heterocycles. The van der Waals surface area contributed by atoms with Gasteiger partial charge in [-0.15, -0.1) is 10.2 Å². The minimum absolute atomic E-state index is 0.0632. The van der Waals surface area contributed by atoms with Crippen LogP contribution in [0.1, 0.15) is 31.9 Å². The van der Waals surface area contributed by atoms with E-state index in [0.29, 0.717) is 29.8 Å². The van der Waals surface area contributed by atoms with E-state index < -0.39 is 0 Å². The Balaban J connectivity index is 1.64. The lowest BCUT2D eigenvalue weighted by Gasteiger charge is -2.17.